The van der Waals surface area contributed by atoms with Crippen LogP contribution in [0.4, 0.5) is 0 Å². The van der Waals surface area contributed by atoms with Crippen LogP contribution in [0.3, 0.4) is 0 Å². The molecule has 1 aromatic heterocycles. The summed E-state index contributed by atoms with van der Waals surface area (Å²) in [5.41, 5.74) is 2.16. The zero-order chi connectivity index (χ0) is 14.8. The molecule has 116 valence electrons. The molecule has 3 heterocycles. The van der Waals surface area contributed by atoms with Crippen LogP contribution >= 0.6 is 0 Å². The largest absolute Gasteiger partial charge is 0.481 e. The van der Waals surface area contributed by atoms with E-state index in [9.17, 15) is 0 Å². The van der Waals surface area contributed by atoms with Crippen LogP contribution in [0.15, 0.2) is 0 Å². The monoisotopic (exact) mass is 292 g/mol. The number of hydrogen-bond acceptors (Lipinski definition) is 6. The molecule has 0 aliphatic carbocycles. The fourth-order valence-electron chi connectivity index (χ4n) is 3.10. The molecule has 0 aromatic carbocycles. The molecule has 1 saturated heterocycles. The van der Waals surface area contributed by atoms with Gasteiger partial charge in [-0.1, -0.05) is 0 Å². The molecular weight excluding hydrogens is 268 g/mol. The van der Waals surface area contributed by atoms with Crippen molar-refractivity contribution in [2.24, 2.45) is 0 Å². The van der Waals surface area contributed by atoms with E-state index in [0.717, 1.165) is 37.3 Å². The number of likely N-dealkylation sites (tertiary alicyclic amines) is 1. The molecule has 1 atom stereocenters. The first-order valence-electron chi connectivity index (χ1n) is 7.62. The lowest BCUT2D eigenvalue weighted by molar-refractivity contribution is 0.184. The standard InChI is InChI=1S/C15H24N4O2/c1-18-8-6-12-13(9-18)16-15(17-14(12)20-3)21-10-11-5-4-7-19(11)2/h11H,4-10H2,1-3H3. The Bertz CT molecular complexity index is 509. The predicted molar refractivity (Wildman–Crippen MR) is 79.8 cm³/mol. The van der Waals surface area contributed by atoms with E-state index in [1.54, 1.807) is 7.11 Å². The zero-order valence-electron chi connectivity index (χ0n) is 13.1. The quantitative estimate of drug-likeness (QED) is 0.823. The minimum absolute atomic E-state index is 0.446. The lowest BCUT2D eigenvalue weighted by atomic mass is 10.1. The summed E-state index contributed by atoms with van der Waals surface area (Å²) < 4.78 is 11.3. The summed E-state index contributed by atoms with van der Waals surface area (Å²) in [6.07, 6.45) is 3.35. The maximum Gasteiger partial charge on any atom is 0.320 e. The first kappa shape index (κ1) is 14.5. The van der Waals surface area contributed by atoms with E-state index in [1.165, 1.54) is 12.8 Å². The second-order valence-electron chi connectivity index (χ2n) is 6.02. The van der Waals surface area contributed by atoms with Crippen LogP contribution in [-0.2, 0) is 13.0 Å². The molecular formula is C15H24N4O2. The van der Waals surface area contributed by atoms with Gasteiger partial charge >= 0.3 is 6.01 Å². The number of aromatic nitrogens is 2. The Morgan fingerprint density at radius 1 is 1.24 bits per heavy atom. The molecule has 3 rings (SSSR count). The Morgan fingerprint density at radius 2 is 2.10 bits per heavy atom. The van der Waals surface area contributed by atoms with Crippen LogP contribution in [0.2, 0.25) is 0 Å². The number of ether oxygens (including phenoxy) is 2. The molecule has 2 aliphatic heterocycles. The minimum Gasteiger partial charge on any atom is -0.481 e. The van der Waals surface area contributed by atoms with Gasteiger partial charge in [-0.3, -0.25) is 0 Å². The van der Waals surface area contributed by atoms with Gasteiger partial charge in [0.1, 0.15) is 6.61 Å². The second kappa shape index (κ2) is 6.15. The lowest BCUT2D eigenvalue weighted by Gasteiger charge is -2.25. The summed E-state index contributed by atoms with van der Waals surface area (Å²) in [5, 5.41) is 0. The van der Waals surface area contributed by atoms with Crippen molar-refractivity contribution in [3.63, 3.8) is 0 Å². The summed E-state index contributed by atoms with van der Waals surface area (Å²) >= 11 is 0. The summed E-state index contributed by atoms with van der Waals surface area (Å²) in [6, 6.07) is 0.916. The number of hydrogen-bond donors (Lipinski definition) is 0. The highest BCUT2D eigenvalue weighted by molar-refractivity contribution is 5.34. The van der Waals surface area contributed by atoms with Gasteiger partial charge in [0.05, 0.1) is 12.8 Å². The highest BCUT2D eigenvalue weighted by atomic mass is 16.5. The van der Waals surface area contributed by atoms with E-state index in [2.05, 4.69) is 33.9 Å². The number of nitrogens with zero attached hydrogens (tertiary/aromatic N) is 4. The average Bonchev–Trinajstić information content (AvgIpc) is 2.89. The Hall–Kier alpha value is -1.40. The van der Waals surface area contributed by atoms with Crippen molar-refractivity contribution in [3.05, 3.63) is 11.3 Å². The highest BCUT2D eigenvalue weighted by Gasteiger charge is 2.24. The van der Waals surface area contributed by atoms with Crippen molar-refractivity contribution < 1.29 is 9.47 Å². The third-order valence-electron chi connectivity index (χ3n) is 4.47. The van der Waals surface area contributed by atoms with Crippen molar-refractivity contribution in [2.75, 3.05) is 40.9 Å². The average molecular weight is 292 g/mol. The van der Waals surface area contributed by atoms with Gasteiger partial charge in [-0.05, 0) is 39.9 Å². The summed E-state index contributed by atoms with van der Waals surface area (Å²) in [5.74, 6) is 0.669. The fraction of sp³-hybridized carbons (Fsp3) is 0.733. The van der Waals surface area contributed by atoms with Crippen molar-refractivity contribution in [3.8, 4) is 11.9 Å². The Balaban J connectivity index is 1.74. The zero-order valence-corrected chi connectivity index (χ0v) is 13.1. The van der Waals surface area contributed by atoms with E-state index in [0.29, 0.717) is 24.5 Å². The molecule has 6 nitrogen and oxygen atoms in total. The third kappa shape index (κ3) is 3.11. The SMILES string of the molecule is COc1nc(OCC2CCCN2C)nc2c1CCN(C)C2. The van der Waals surface area contributed by atoms with Crippen molar-refractivity contribution in [2.45, 2.75) is 31.8 Å². The van der Waals surface area contributed by atoms with Gasteiger partial charge in [-0.2, -0.15) is 9.97 Å². The topological polar surface area (TPSA) is 50.7 Å². The van der Waals surface area contributed by atoms with Crippen LogP contribution in [0, 0.1) is 0 Å². The molecule has 1 fully saturated rings. The van der Waals surface area contributed by atoms with E-state index in [1.807, 2.05) is 0 Å². The van der Waals surface area contributed by atoms with Gasteiger partial charge in [-0.25, -0.2) is 0 Å². The fourth-order valence-corrected chi connectivity index (χ4v) is 3.10. The highest BCUT2D eigenvalue weighted by Crippen LogP contribution is 2.27. The summed E-state index contributed by atoms with van der Waals surface area (Å²) in [6.45, 7) is 3.63. The van der Waals surface area contributed by atoms with Crippen molar-refractivity contribution in [1.29, 1.82) is 0 Å². The molecule has 2 aliphatic rings. The smallest absolute Gasteiger partial charge is 0.320 e. The molecule has 1 aromatic rings. The molecule has 0 radical (unpaired) electrons. The Morgan fingerprint density at radius 3 is 2.81 bits per heavy atom. The van der Waals surface area contributed by atoms with Crippen LogP contribution in [-0.4, -0.2) is 66.7 Å². The maximum atomic E-state index is 5.84. The van der Waals surface area contributed by atoms with E-state index in [-0.39, 0.29) is 0 Å². The third-order valence-corrected chi connectivity index (χ3v) is 4.47. The molecule has 0 spiro atoms. The van der Waals surface area contributed by atoms with Crippen molar-refractivity contribution >= 4 is 0 Å². The minimum atomic E-state index is 0.446. The van der Waals surface area contributed by atoms with Gasteiger partial charge < -0.3 is 19.3 Å². The van der Waals surface area contributed by atoms with Crippen molar-refractivity contribution in [1.82, 2.24) is 19.8 Å². The second-order valence-corrected chi connectivity index (χ2v) is 6.02. The first-order chi connectivity index (χ1) is 10.2. The maximum absolute atomic E-state index is 5.84. The lowest BCUT2D eigenvalue weighted by Crippen LogP contribution is -2.31. The van der Waals surface area contributed by atoms with E-state index in [4.69, 9.17) is 9.47 Å². The Kier molecular flexibility index (Phi) is 4.26. The molecule has 21 heavy (non-hydrogen) atoms. The van der Waals surface area contributed by atoms with Crippen LogP contribution in [0.25, 0.3) is 0 Å². The molecule has 0 saturated carbocycles. The normalized spacial score (nSPS) is 23.1. The van der Waals surface area contributed by atoms with Gasteiger partial charge in [0.25, 0.3) is 0 Å². The molecule has 0 amide bonds. The number of methoxy groups -OCH3 is 1. The summed E-state index contributed by atoms with van der Waals surface area (Å²) in [7, 11) is 5.91. The Labute approximate surface area is 126 Å². The van der Waals surface area contributed by atoms with Crippen LogP contribution in [0.5, 0.6) is 11.9 Å². The molecule has 0 N–H and O–H groups in total. The number of rotatable bonds is 4. The number of fused-ring (bicyclic) bond motifs is 1. The summed E-state index contributed by atoms with van der Waals surface area (Å²) in [4.78, 5) is 13.6. The number of likely N-dealkylation sites (N-methyl/N-ethyl adjacent to an activating group) is 2. The molecule has 6 heteroatoms. The van der Waals surface area contributed by atoms with Gasteiger partial charge in [0.2, 0.25) is 5.88 Å². The van der Waals surface area contributed by atoms with Crippen LogP contribution < -0.4 is 9.47 Å². The molecule has 0 bridgehead atoms. The predicted octanol–water partition coefficient (Wildman–Crippen LogP) is 0.946. The van der Waals surface area contributed by atoms with Gasteiger partial charge in [-0.15, -0.1) is 0 Å². The molecule has 1 unspecified atom stereocenters. The van der Waals surface area contributed by atoms with Gasteiger partial charge in [0.15, 0.2) is 0 Å². The van der Waals surface area contributed by atoms with E-state index < -0.39 is 0 Å². The van der Waals surface area contributed by atoms with E-state index >= 15 is 0 Å². The van der Waals surface area contributed by atoms with Crippen LogP contribution in [0.1, 0.15) is 24.1 Å². The van der Waals surface area contributed by atoms with Gasteiger partial charge in [0, 0.05) is 24.7 Å². The first-order valence-corrected chi connectivity index (χ1v) is 7.62.